The van der Waals surface area contributed by atoms with E-state index in [0.29, 0.717) is 0 Å². The van der Waals surface area contributed by atoms with Gasteiger partial charge in [0, 0.05) is 32.7 Å². The van der Waals surface area contributed by atoms with E-state index >= 15 is 0 Å². The van der Waals surface area contributed by atoms with Crippen LogP contribution in [0.3, 0.4) is 0 Å². The van der Waals surface area contributed by atoms with Gasteiger partial charge in [0.05, 0.1) is 16.5 Å². The highest BCUT2D eigenvalue weighted by molar-refractivity contribution is 9.10. The van der Waals surface area contributed by atoms with Gasteiger partial charge in [0.25, 0.3) is 5.91 Å². The monoisotopic (exact) mass is 394 g/mol. The molecule has 2 aromatic rings. The lowest BCUT2D eigenvalue weighted by atomic mass is 10.2. The molecule has 6 heteroatoms. The Balaban J connectivity index is 1.55. The van der Waals surface area contributed by atoms with Gasteiger partial charge in [-0.05, 0) is 45.1 Å². The number of piperazine rings is 1. The molecule has 0 radical (unpaired) electrons. The van der Waals surface area contributed by atoms with E-state index in [-0.39, 0.29) is 5.91 Å². The van der Waals surface area contributed by atoms with Gasteiger partial charge in [0.2, 0.25) is 0 Å². The van der Waals surface area contributed by atoms with Crippen molar-refractivity contribution in [2.45, 2.75) is 6.54 Å². The maximum absolute atomic E-state index is 12.3. The summed E-state index contributed by atoms with van der Waals surface area (Å²) in [6.45, 7) is 4.27. The lowest BCUT2D eigenvalue weighted by molar-refractivity contribution is 0.0633. The Kier molecular flexibility index (Phi) is 5.35. The first-order valence-corrected chi connectivity index (χ1v) is 9.22. The predicted molar refractivity (Wildman–Crippen MR) is 96.2 cm³/mol. The molecule has 122 valence electrons. The van der Waals surface area contributed by atoms with E-state index in [1.54, 1.807) is 7.11 Å². The van der Waals surface area contributed by atoms with Crippen LogP contribution < -0.4 is 4.74 Å². The quantitative estimate of drug-likeness (QED) is 0.795. The van der Waals surface area contributed by atoms with Crippen LogP contribution in [0.4, 0.5) is 0 Å². The highest BCUT2D eigenvalue weighted by atomic mass is 79.9. The zero-order valence-electron chi connectivity index (χ0n) is 13.0. The molecule has 23 heavy (non-hydrogen) atoms. The smallest absolute Gasteiger partial charge is 0.264 e. The first-order valence-electron chi connectivity index (χ1n) is 7.55. The third-order valence-electron chi connectivity index (χ3n) is 4.01. The van der Waals surface area contributed by atoms with E-state index in [1.807, 2.05) is 28.5 Å². The van der Waals surface area contributed by atoms with Crippen LogP contribution in [-0.4, -0.2) is 49.0 Å². The molecular formula is C17H19BrN2O2S. The molecule has 0 bridgehead atoms. The molecule has 1 fully saturated rings. The first-order chi connectivity index (χ1) is 11.2. The molecule has 0 aliphatic carbocycles. The fraction of sp³-hybridized carbons (Fsp3) is 0.353. The lowest BCUT2D eigenvalue weighted by Gasteiger charge is -2.34. The molecule has 1 aliphatic rings. The summed E-state index contributed by atoms with van der Waals surface area (Å²) in [5.74, 6) is 1.01. The largest absolute Gasteiger partial charge is 0.496 e. The fourth-order valence-electron chi connectivity index (χ4n) is 2.73. The van der Waals surface area contributed by atoms with Crippen molar-refractivity contribution in [1.82, 2.24) is 9.80 Å². The Morgan fingerprint density at radius 1 is 1.26 bits per heavy atom. The first kappa shape index (κ1) is 16.5. The number of methoxy groups -OCH3 is 1. The van der Waals surface area contributed by atoms with Gasteiger partial charge >= 0.3 is 0 Å². The minimum atomic E-state index is 0.159. The molecule has 4 nitrogen and oxygen atoms in total. The van der Waals surface area contributed by atoms with Gasteiger partial charge in [-0.2, -0.15) is 0 Å². The van der Waals surface area contributed by atoms with Crippen LogP contribution in [0.2, 0.25) is 0 Å². The molecule has 1 aliphatic heterocycles. The Morgan fingerprint density at radius 2 is 2.04 bits per heavy atom. The van der Waals surface area contributed by atoms with Gasteiger partial charge in [0.1, 0.15) is 5.75 Å². The molecule has 0 saturated carbocycles. The number of halogens is 1. The van der Waals surface area contributed by atoms with E-state index < -0.39 is 0 Å². The van der Waals surface area contributed by atoms with Crippen LogP contribution in [-0.2, 0) is 6.54 Å². The summed E-state index contributed by atoms with van der Waals surface area (Å²) < 4.78 is 6.24. The molecule has 1 amide bonds. The third-order valence-corrected chi connectivity index (χ3v) is 5.49. The van der Waals surface area contributed by atoms with Crippen molar-refractivity contribution in [3.8, 4) is 5.75 Å². The molecule has 0 atom stereocenters. The second-order valence-electron chi connectivity index (χ2n) is 5.51. The normalized spacial score (nSPS) is 15.7. The standard InChI is InChI=1S/C17H19BrN2O2S/c1-22-15-5-4-13(11-14(15)18)12-19-6-8-20(9-7-19)17(21)16-3-2-10-23-16/h2-5,10-11H,6-9,12H2,1H3. The van der Waals surface area contributed by atoms with Crippen LogP contribution in [0, 0.1) is 0 Å². The van der Waals surface area contributed by atoms with Crippen LogP contribution >= 0.6 is 27.3 Å². The van der Waals surface area contributed by atoms with E-state index in [2.05, 4.69) is 33.0 Å². The molecule has 3 rings (SSSR count). The van der Waals surface area contributed by atoms with E-state index in [0.717, 1.165) is 47.8 Å². The number of hydrogen-bond donors (Lipinski definition) is 0. The predicted octanol–water partition coefficient (Wildman–Crippen LogP) is 3.48. The Bertz CT molecular complexity index is 667. The number of carbonyl (C=O) groups excluding carboxylic acids is 1. The van der Waals surface area contributed by atoms with Crippen molar-refractivity contribution in [3.05, 3.63) is 50.6 Å². The summed E-state index contributed by atoms with van der Waals surface area (Å²) in [4.78, 5) is 17.5. The van der Waals surface area contributed by atoms with E-state index in [4.69, 9.17) is 4.74 Å². The van der Waals surface area contributed by atoms with Gasteiger partial charge in [-0.3, -0.25) is 9.69 Å². The number of rotatable bonds is 4. The van der Waals surface area contributed by atoms with E-state index in [1.165, 1.54) is 16.9 Å². The van der Waals surface area contributed by atoms with Crippen molar-refractivity contribution in [2.24, 2.45) is 0 Å². The number of benzene rings is 1. The van der Waals surface area contributed by atoms with Crippen LogP contribution in [0.1, 0.15) is 15.2 Å². The minimum Gasteiger partial charge on any atom is -0.496 e. The van der Waals surface area contributed by atoms with Gasteiger partial charge in [-0.25, -0.2) is 0 Å². The molecule has 0 unspecified atom stereocenters. The molecule has 0 N–H and O–H groups in total. The third kappa shape index (κ3) is 3.94. The minimum absolute atomic E-state index is 0.159. The second-order valence-corrected chi connectivity index (χ2v) is 7.32. The van der Waals surface area contributed by atoms with Crippen molar-refractivity contribution < 1.29 is 9.53 Å². The van der Waals surface area contributed by atoms with Gasteiger partial charge in [-0.1, -0.05) is 12.1 Å². The van der Waals surface area contributed by atoms with Crippen molar-refractivity contribution in [1.29, 1.82) is 0 Å². The molecule has 1 saturated heterocycles. The van der Waals surface area contributed by atoms with E-state index in [9.17, 15) is 4.79 Å². The summed E-state index contributed by atoms with van der Waals surface area (Å²) in [7, 11) is 1.67. The Morgan fingerprint density at radius 3 is 2.65 bits per heavy atom. The van der Waals surface area contributed by atoms with Gasteiger partial charge < -0.3 is 9.64 Å². The van der Waals surface area contributed by atoms with Crippen molar-refractivity contribution >= 4 is 33.2 Å². The maximum Gasteiger partial charge on any atom is 0.264 e. The zero-order chi connectivity index (χ0) is 16.2. The number of carbonyl (C=O) groups is 1. The van der Waals surface area contributed by atoms with Crippen molar-refractivity contribution in [2.75, 3.05) is 33.3 Å². The molecule has 0 spiro atoms. The Labute approximate surface area is 148 Å². The SMILES string of the molecule is COc1ccc(CN2CCN(C(=O)c3cccs3)CC2)cc1Br. The maximum atomic E-state index is 12.3. The zero-order valence-corrected chi connectivity index (χ0v) is 15.4. The molecule has 1 aromatic heterocycles. The summed E-state index contributed by atoms with van der Waals surface area (Å²) in [5.41, 5.74) is 1.25. The summed E-state index contributed by atoms with van der Waals surface area (Å²) in [5, 5.41) is 1.95. The highest BCUT2D eigenvalue weighted by Crippen LogP contribution is 2.26. The summed E-state index contributed by atoms with van der Waals surface area (Å²) in [6.07, 6.45) is 0. The number of ether oxygens (including phenoxy) is 1. The average Bonchev–Trinajstić information content (AvgIpc) is 3.09. The number of nitrogens with zero attached hydrogens (tertiary/aromatic N) is 2. The van der Waals surface area contributed by atoms with Crippen LogP contribution in [0.25, 0.3) is 0 Å². The Hall–Kier alpha value is -1.37. The topological polar surface area (TPSA) is 32.8 Å². The molecular weight excluding hydrogens is 376 g/mol. The summed E-state index contributed by atoms with van der Waals surface area (Å²) in [6, 6.07) is 9.99. The highest BCUT2D eigenvalue weighted by Gasteiger charge is 2.22. The van der Waals surface area contributed by atoms with Crippen molar-refractivity contribution in [3.63, 3.8) is 0 Å². The lowest BCUT2D eigenvalue weighted by Crippen LogP contribution is -2.48. The second kappa shape index (κ2) is 7.47. The van der Waals surface area contributed by atoms with Crippen LogP contribution in [0.15, 0.2) is 40.2 Å². The fourth-order valence-corrected chi connectivity index (χ4v) is 4.01. The van der Waals surface area contributed by atoms with Gasteiger partial charge in [0.15, 0.2) is 0 Å². The number of thiophene rings is 1. The summed E-state index contributed by atoms with van der Waals surface area (Å²) >= 11 is 5.04. The number of amides is 1. The number of hydrogen-bond acceptors (Lipinski definition) is 4. The van der Waals surface area contributed by atoms with Crippen LogP contribution in [0.5, 0.6) is 5.75 Å². The average molecular weight is 395 g/mol. The molecule has 1 aromatic carbocycles. The van der Waals surface area contributed by atoms with Gasteiger partial charge in [-0.15, -0.1) is 11.3 Å². The molecule has 2 heterocycles.